The fourth-order valence-corrected chi connectivity index (χ4v) is 2.67. The highest BCUT2D eigenvalue weighted by Crippen LogP contribution is 2.32. The summed E-state index contributed by atoms with van der Waals surface area (Å²) in [5, 5.41) is 19.0. The first-order valence-electron chi connectivity index (χ1n) is 8.73. The molecule has 1 atom stereocenters. The largest absolute Gasteiger partial charge is 0.457 e. The minimum Gasteiger partial charge on any atom is -0.457 e. The molecule has 3 aromatic rings. The van der Waals surface area contributed by atoms with Gasteiger partial charge >= 0.3 is 6.18 Å². The number of pyridine rings is 1. The number of ether oxygens (including phenoxy) is 1. The number of nitrogens with two attached hydrogens (primary N) is 1. The number of carbonyl (C=O) groups is 1. The molecule has 0 saturated heterocycles. The third kappa shape index (κ3) is 4.94. The second kappa shape index (κ2) is 8.52. The number of primary amides is 1. The molecule has 30 heavy (non-hydrogen) atoms. The number of halogens is 3. The van der Waals surface area contributed by atoms with Crippen LogP contribution in [0.15, 0.2) is 60.7 Å². The molecule has 6 nitrogen and oxygen atoms in total. The molecular weight excluding hydrogens is 401 g/mol. The molecule has 0 spiro atoms. The Hall–Kier alpha value is -3.43. The van der Waals surface area contributed by atoms with Gasteiger partial charge in [-0.05, 0) is 66.2 Å². The smallest absolute Gasteiger partial charge is 0.416 e. The maximum absolute atomic E-state index is 12.6. The van der Waals surface area contributed by atoms with Gasteiger partial charge in [0.1, 0.15) is 23.3 Å². The van der Waals surface area contributed by atoms with Crippen LogP contribution in [0.5, 0.6) is 11.5 Å². The van der Waals surface area contributed by atoms with Gasteiger partial charge in [-0.2, -0.15) is 13.2 Å². The van der Waals surface area contributed by atoms with Crippen LogP contribution in [0.1, 0.15) is 27.7 Å². The lowest BCUT2D eigenvalue weighted by Gasteiger charge is -2.12. The van der Waals surface area contributed by atoms with E-state index in [4.69, 9.17) is 15.6 Å². The zero-order valence-corrected chi connectivity index (χ0v) is 15.4. The summed E-state index contributed by atoms with van der Waals surface area (Å²) >= 11 is 0. The van der Waals surface area contributed by atoms with Crippen LogP contribution in [0.3, 0.4) is 0 Å². The number of amides is 1. The molecule has 0 aliphatic carbocycles. The summed E-state index contributed by atoms with van der Waals surface area (Å²) in [5.41, 5.74) is 5.64. The quantitative estimate of drug-likeness (QED) is 0.566. The Labute approximate surface area is 169 Å². The fraction of sp³-hybridized carbons (Fsp3) is 0.143. The van der Waals surface area contributed by atoms with E-state index in [9.17, 15) is 23.1 Å². The number of alkyl halides is 3. The molecule has 3 rings (SSSR count). The number of carbonyl (C=O) groups excluding carboxylic acids is 1. The van der Waals surface area contributed by atoms with Gasteiger partial charge in [0.25, 0.3) is 5.91 Å². The highest BCUT2D eigenvalue weighted by molar-refractivity contribution is 5.91. The summed E-state index contributed by atoms with van der Waals surface area (Å²) in [6.07, 6.45) is -5.62. The van der Waals surface area contributed by atoms with Gasteiger partial charge in [-0.25, -0.2) is 4.98 Å². The number of aliphatic hydroxyl groups excluding tert-OH is 2. The molecule has 0 saturated carbocycles. The third-order valence-corrected chi connectivity index (χ3v) is 4.23. The van der Waals surface area contributed by atoms with E-state index in [0.717, 1.165) is 12.1 Å². The van der Waals surface area contributed by atoms with Crippen LogP contribution >= 0.6 is 0 Å². The minimum absolute atomic E-state index is 0.0694. The number of aromatic nitrogens is 1. The maximum Gasteiger partial charge on any atom is 0.416 e. The van der Waals surface area contributed by atoms with E-state index in [2.05, 4.69) is 4.98 Å². The van der Waals surface area contributed by atoms with E-state index in [1.165, 1.54) is 24.3 Å². The van der Waals surface area contributed by atoms with Crippen LogP contribution in [0.4, 0.5) is 13.2 Å². The normalized spacial score (nSPS) is 12.4. The Bertz CT molecular complexity index is 1040. The molecule has 0 aliphatic rings. The molecule has 9 heteroatoms. The minimum atomic E-state index is -4.42. The van der Waals surface area contributed by atoms with Gasteiger partial charge in [0.2, 0.25) is 0 Å². The summed E-state index contributed by atoms with van der Waals surface area (Å²) in [4.78, 5) is 15.7. The second-order valence-electron chi connectivity index (χ2n) is 6.38. The molecule has 4 N–H and O–H groups in total. The van der Waals surface area contributed by atoms with E-state index in [-0.39, 0.29) is 17.0 Å². The van der Waals surface area contributed by atoms with Crippen molar-refractivity contribution < 1.29 is 32.9 Å². The van der Waals surface area contributed by atoms with Crippen molar-refractivity contribution in [3.05, 3.63) is 77.5 Å². The number of aliphatic hydroxyl groups is 2. The molecule has 0 radical (unpaired) electrons. The van der Waals surface area contributed by atoms with E-state index >= 15 is 0 Å². The first kappa shape index (κ1) is 21.3. The van der Waals surface area contributed by atoms with Crippen molar-refractivity contribution in [2.45, 2.75) is 12.3 Å². The van der Waals surface area contributed by atoms with Gasteiger partial charge in [-0.1, -0.05) is 0 Å². The molecule has 2 aromatic carbocycles. The summed E-state index contributed by atoms with van der Waals surface area (Å²) in [6, 6.07) is 13.5. The number of rotatable bonds is 6. The second-order valence-corrected chi connectivity index (χ2v) is 6.38. The predicted octanol–water partition coefficient (Wildman–Crippen LogP) is 3.68. The van der Waals surface area contributed by atoms with Crippen molar-refractivity contribution in [2.24, 2.45) is 5.73 Å². The number of benzene rings is 2. The van der Waals surface area contributed by atoms with Crippen LogP contribution < -0.4 is 10.5 Å². The lowest BCUT2D eigenvalue weighted by molar-refractivity contribution is -0.137. The van der Waals surface area contributed by atoms with Crippen LogP contribution in [0, 0.1) is 0 Å². The standard InChI is InChI=1S/C21H17F3N2O4/c22-21(23,24)14-3-7-16(8-4-14)30-15-5-1-12(2-6-15)17-9-13(19(28)11-27)10-18(26-17)20(25)29/h1-10,19,27-28H,11H2,(H2,25,29)/t19-/m1/s1. The van der Waals surface area contributed by atoms with Crippen molar-refractivity contribution in [2.75, 3.05) is 6.61 Å². The van der Waals surface area contributed by atoms with E-state index < -0.39 is 30.4 Å². The van der Waals surface area contributed by atoms with Crippen LogP contribution in [0.25, 0.3) is 11.3 Å². The zero-order valence-electron chi connectivity index (χ0n) is 15.4. The highest BCUT2D eigenvalue weighted by atomic mass is 19.4. The Balaban J connectivity index is 1.83. The average Bonchev–Trinajstić information content (AvgIpc) is 2.73. The number of hydrogen-bond acceptors (Lipinski definition) is 5. The van der Waals surface area contributed by atoms with Crippen LogP contribution in [-0.4, -0.2) is 27.7 Å². The Morgan fingerprint density at radius 1 is 1.03 bits per heavy atom. The van der Waals surface area contributed by atoms with Crippen molar-refractivity contribution >= 4 is 5.91 Å². The van der Waals surface area contributed by atoms with Crippen molar-refractivity contribution in [3.63, 3.8) is 0 Å². The maximum atomic E-state index is 12.6. The average molecular weight is 418 g/mol. The van der Waals surface area contributed by atoms with Gasteiger partial charge in [-0.15, -0.1) is 0 Å². The predicted molar refractivity (Wildman–Crippen MR) is 102 cm³/mol. The molecule has 1 aromatic heterocycles. The first-order chi connectivity index (χ1) is 14.2. The van der Waals surface area contributed by atoms with Crippen molar-refractivity contribution in [3.8, 4) is 22.8 Å². The summed E-state index contributed by atoms with van der Waals surface area (Å²) in [7, 11) is 0. The summed E-state index contributed by atoms with van der Waals surface area (Å²) in [6.45, 7) is -0.540. The van der Waals surface area contributed by atoms with E-state index in [1.54, 1.807) is 24.3 Å². The van der Waals surface area contributed by atoms with Crippen LogP contribution in [-0.2, 0) is 6.18 Å². The molecule has 0 unspecified atom stereocenters. The zero-order chi connectivity index (χ0) is 21.9. The van der Waals surface area contributed by atoms with Crippen LogP contribution in [0.2, 0.25) is 0 Å². The van der Waals surface area contributed by atoms with E-state index in [1.807, 2.05) is 0 Å². The van der Waals surface area contributed by atoms with Gasteiger partial charge in [0.05, 0.1) is 17.9 Å². The van der Waals surface area contributed by atoms with Crippen molar-refractivity contribution in [1.29, 1.82) is 0 Å². The fourth-order valence-electron chi connectivity index (χ4n) is 2.67. The molecule has 1 heterocycles. The highest BCUT2D eigenvalue weighted by Gasteiger charge is 2.30. The molecular formula is C21H17F3N2O4. The SMILES string of the molecule is NC(=O)c1cc([C@H](O)CO)cc(-c2ccc(Oc3ccc(C(F)(F)F)cc3)cc2)n1. The van der Waals surface area contributed by atoms with Crippen molar-refractivity contribution in [1.82, 2.24) is 4.98 Å². The topological polar surface area (TPSA) is 106 Å². The third-order valence-electron chi connectivity index (χ3n) is 4.23. The summed E-state index contributed by atoms with van der Waals surface area (Å²) in [5.74, 6) is -0.177. The number of nitrogens with zero attached hydrogens (tertiary/aromatic N) is 1. The Morgan fingerprint density at radius 2 is 1.60 bits per heavy atom. The molecule has 0 fully saturated rings. The first-order valence-corrected chi connectivity index (χ1v) is 8.73. The molecule has 0 aliphatic heterocycles. The Morgan fingerprint density at radius 3 is 2.10 bits per heavy atom. The molecule has 0 bridgehead atoms. The Kier molecular flexibility index (Phi) is 6.04. The van der Waals surface area contributed by atoms with Gasteiger partial charge in [0.15, 0.2) is 0 Å². The van der Waals surface area contributed by atoms with Gasteiger partial charge in [0, 0.05) is 5.56 Å². The lowest BCUT2D eigenvalue weighted by atomic mass is 10.0. The van der Waals surface area contributed by atoms with E-state index in [0.29, 0.717) is 17.0 Å². The monoisotopic (exact) mass is 418 g/mol. The van der Waals surface area contributed by atoms with Gasteiger partial charge < -0.3 is 20.7 Å². The molecule has 1 amide bonds. The summed E-state index contributed by atoms with van der Waals surface area (Å²) < 4.78 is 43.4. The number of hydrogen-bond donors (Lipinski definition) is 3. The van der Waals surface area contributed by atoms with Gasteiger partial charge in [-0.3, -0.25) is 4.79 Å². The molecule has 156 valence electrons. The lowest BCUT2D eigenvalue weighted by Crippen LogP contribution is -2.15.